The first-order valence-electron chi connectivity index (χ1n) is 12.2. The Labute approximate surface area is 217 Å². The molecule has 2 aromatic heterocycles. The quantitative estimate of drug-likeness (QED) is 0.493. The smallest absolute Gasteiger partial charge is 0.339 e. The normalized spacial score (nSPS) is 14.9. The van der Waals surface area contributed by atoms with E-state index in [1.54, 1.807) is 28.9 Å². The van der Waals surface area contributed by atoms with Gasteiger partial charge in [-0.15, -0.1) is 5.92 Å². The van der Waals surface area contributed by atoms with Crippen LogP contribution in [0.2, 0.25) is 0 Å². The molecule has 38 heavy (non-hydrogen) atoms. The van der Waals surface area contributed by atoms with Crippen molar-refractivity contribution in [3.05, 3.63) is 57.8 Å². The molecular weight excluding hydrogens is 499 g/mol. The molecule has 1 N–H and O–H groups in total. The summed E-state index contributed by atoms with van der Waals surface area (Å²) in [5.41, 5.74) is 0.318. The van der Waals surface area contributed by atoms with Crippen molar-refractivity contribution in [3.63, 3.8) is 0 Å². The Hall–Kier alpha value is -3.98. The number of hydrogen-bond donors (Lipinski definition) is 1. The number of carbonyl (C=O) groups is 1. The SMILES string of the molecule is CC#Cc1ccc2c(=O)[nH]nc(C(C)N(C)CCC(=O)N3CCN(c4ncc(C(F)(F)F)cn4)CC3)c2c1. The van der Waals surface area contributed by atoms with Gasteiger partial charge < -0.3 is 9.80 Å². The summed E-state index contributed by atoms with van der Waals surface area (Å²) in [7, 11) is 1.89. The van der Waals surface area contributed by atoms with Crippen molar-refractivity contribution < 1.29 is 18.0 Å². The Kier molecular flexibility index (Phi) is 7.97. The molecule has 9 nitrogen and oxygen atoms in total. The van der Waals surface area contributed by atoms with Crippen molar-refractivity contribution in [2.45, 2.75) is 32.5 Å². The summed E-state index contributed by atoms with van der Waals surface area (Å²) in [4.78, 5) is 38.3. The van der Waals surface area contributed by atoms with Gasteiger partial charge in [-0.2, -0.15) is 18.3 Å². The lowest BCUT2D eigenvalue weighted by Crippen LogP contribution is -2.49. The number of aromatic amines is 1. The lowest BCUT2D eigenvalue weighted by Gasteiger charge is -2.35. The summed E-state index contributed by atoms with van der Waals surface area (Å²) in [6.45, 7) is 5.90. The van der Waals surface area contributed by atoms with Crippen molar-refractivity contribution in [3.8, 4) is 11.8 Å². The number of hydrogen-bond acceptors (Lipinski definition) is 7. The van der Waals surface area contributed by atoms with E-state index in [2.05, 4.69) is 32.0 Å². The number of anilines is 1. The van der Waals surface area contributed by atoms with Crippen LogP contribution >= 0.6 is 0 Å². The second-order valence-electron chi connectivity index (χ2n) is 9.12. The zero-order valence-corrected chi connectivity index (χ0v) is 21.3. The number of rotatable bonds is 6. The Morgan fingerprint density at radius 3 is 2.47 bits per heavy atom. The van der Waals surface area contributed by atoms with Gasteiger partial charge in [0.25, 0.3) is 5.56 Å². The fourth-order valence-corrected chi connectivity index (χ4v) is 4.35. The first-order chi connectivity index (χ1) is 18.1. The summed E-state index contributed by atoms with van der Waals surface area (Å²) in [5.74, 6) is 6.06. The average molecular weight is 528 g/mol. The molecular formula is C26H28F3N7O2. The van der Waals surface area contributed by atoms with Crippen LogP contribution in [0.15, 0.2) is 35.4 Å². The summed E-state index contributed by atoms with van der Waals surface area (Å²) >= 11 is 0. The second kappa shape index (κ2) is 11.2. The highest BCUT2D eigenvalue weighted by atomic mass is 19.4. The first-order valence-corrected chi connectivity index (χ1v) is 12.2. The van der Waals surface area contributed by atoms with E-state index in [1.165, 1.54) is 0 Å². The molecule has 1 aliphatic heterocycles. The third kappa shape index (κ3) is 5.94. The average Bonchev–Trinajstić information content (AvgIpc) is 2.91. The zero-order valence-electron chi connectivity index (χ0n) is 21.3. The summed E-state index contributed by atoms with van der Waals surface area (Å²) in [6, 6.07) is 5.22. The minimum absolute atomic E-state index is 0.0168. The van der Waals surface area contributed by atoms with E-state index in [0.29, 0.717) is 43.8 Å². The topological polar surface area (TPSA) is 98.3 Å². The lowest BCUT2D eigenvalue weighted by atomic mass is 10.0. The molecule has 0 bridgehead atoms. The van der Waals surface area contributed by atoms with Gasteiger partial charge in [0.15, 0.2) is 0 Å². The Morgan fingerprint density at radius 1 is 1.16 bits per heavy atom. The minimum atomic E-state index is -4.48. The molecule has 12 heteroatoms. The van der Waals surface area contributed by atoms with Crippen molar-refractivity contribution in [1.29, 1.82) is 0 Å². The Balaban J connectivity index is 1.34. The fraction of sp³-hybridized carbons (Fsp3) is 0.423. The number of piperazine rings is 1. The molecule has 0 spiro atoms. The molecule has 0 saturated carbocycles. The maximum atomic E-state index is 12.9. The maximum Gasteiger partial charge on any atom is 0.419 e. The van der Waals surface area contributed by atoms with E-state index in [-0.39, 0.29) is 29.9 Å². The third-order valence-corrected chi connectivity index (χ3v) is 6.70. The van der Waals surface area contributed by atoms with E-state index >= 15 is 0 Å². The van der Waals surface area contributed by atoms with Gasteiger partial charge in [-0.25, -0.2) is 15.1 Å². The number of H-pyrrole nitrogens is 1. The van der Waals surface area contributed by atoms with Crippen LogP contribution in [-0.2, 0) is 11.0 Å². The van der Waals surface area contributed by atoms with Gasteiger partial charge >= 0.3 is 6.18 Å². The number of carbonyl (C=O) groups excluding carboxylic acids is 1. The van der Waals surface area contributed by atoms with Crippen molar-refractivity contribution in [2.75, 3.05) is 44.7 Å². The molecule has 1 amide bonds. The molecule has 1 saturated heterocycles. The lowest BCUT2D eigenvalue weighted by molar-refractivity contribution is -0.138. The monoisotopic (exact) mass is 527 g/mol. The Morgan fingerprint density at radius 2 is 1.84 bits per heavy atom. The van der Waals surface area contributed by atoms with E-state index in [4.69, 9.17) is 0 Å². The van der Waals surface area contributed by atoms with E-state index < -0.39 is 11.7 Å². The summed E-state index contributed by atoms with van der Waals surface area (Å²) in [5, 5.41) is 8.11. The minimum Gasteiger partial charge on any atom is -0.339 e. The molecule has 3 aromatic rings. The Bertz CT molecular complexity index is 1420. The number of amides is 1. The molecule has 0 aliphatic carbocycles. The molecule has 0 radical (unpaired) electrons. The van der Waals surface area contributed by atoms with Crippen LogP contribution < -0.4 is 10.5 Å². The first kappa shape index (κ1) is 27.1. The fourth-order valence-electron chi connectivity index (χ4n) is 4.35. The summed E-state index contributed by atoms with van der Waals surface area (Å²) < 4.78 is 38.2. The van der Waals surface area contributed by atoms with Gasteiger partial charge in [0.2, 0.25) is 11.9 Å². The van der Waals surface area contributed by atoms with Gasteiger partial charge in [0.05, 0.1) is 22.7 Å². The second-order valence-corrected chi connectivity index (χ2v) is 9.12. The number of nitrogens with one attached hydrogen (secondary N) is 1. The van der Waals surface area contributed by atoms with E-state index in [0.717, 1.165) is 23.3 Å². The molecule has 1 aromatic carbocycles. The predicted molar refractivity (Wildman–Crippen MR) is 136 cm³/mol. The van der Waals surface area contributed by atoms with Gasteiger partial charge in [-0.1, -0.05) is 5.92 Å². The highest BCUT2D eigenvalue weighted by Gasteiger charge is 2.32. The van der Waals surface area contributed by atoms with Crippen LogP contribution in [-0.4, -0.2) is 75.6 Å². The molecule has 1 fully saturated rings. The van der Waals surface area contributed by atoms with Crippen molar-refractivity contribution in [1.82, 2.24) is 30.0 Å². The maximum absolute atomic E-state index is 12.9. The molecule has 1 atom stereocenters. The van der Waals surface area contributed by atoms with E-state index in [9.17, 15) is 22.8 Å². The number of nitrogens with zero attached hydrogens (tertiary/aromatic N) is 6. The zero-order chi connectivity index (χ0) is 27.4. The third-order valence-electron chi connectivity index (χ3n) is 6.70. The molecule has 4 rings (SSSR count). The van der Waals surface area contributed by atoms with Gasteiger partial charge in [-0.3, -0.25) is 14.5 Å². The standard InChI is InChI=1S/C26H28F3N7O2/c1-4-5-18-6-7-20-21(14-18)23(32-33-24(20)38)17(2)34(3)9-8-22(37)35-10-12-36(13-11-35)25-30-15-19(16-31-25)26(27,28)29/h6-7,14-17H,8-13H2,1-3H3,(H,33,38). The van der Waals surface area contributed by atoms with Crippen molar-refractivity contribution >= 4 is 22.6 Å². The van der Waals surface area contributed by atoms with Gasteiger partial charge in [0.1, 0.15) is 0 Å². The van der Waals surface area contributed by atoms with E-state index in [1.807, 2.05) is 24.9 Å². The van der Waals surface area contributed by atoms with Crippen LogP contribution in [0, 0.1) is 11.8 Å². The van der Waals surface area contributed by atoms with Crippen LogP contribution in [0.25, 0.3) is 10.8 Å². The largest absolute Gasteiger partial charge is 0.419 e. The summed E-state index contributed by atoms with van der Waals surface area (Å²) in [6.07, 6.45) is -2.65. The number of alkyl halides is 3. The predicted octanol–water partition coefficient (Wildman–Crippen LogP) is 2.84. The van der Waals surface area contributed by atoms with Crippen LogP contribution in [0.5, 0.6) is 0 Å². The molecule has 200 valence electrons. The highest BCUT2D eigenvalue weighted by Crippen LogP contribution is 2.28. The van der Waals surface area contributed by atoms with Gasteiger partial charge in [0, 0.05) is 62.5 Å². The number of halogens is 3. The molecule has 1 aliphatic rings. The molecule has 1 unspecified atom stereocenters. The number of fused-ring (bicyclic) bond motifs is 1. The molecule has 3 heterocycles. The van der Waals surface area contributed by atoms with Crippen molar-refractivity contribution in [2.24, 2.45) is 0 Å². The van der Waals surface area contributed by atoms with Crippen LogP contribution in [0.1, 0.15) is 43.1 Å². The number of aromatic nitrogens is 4. The highest BCUT2D eigenvalue weighted by molar-refractivity contribution is 5.85. The van der Waals surface area contributed by atoms with Crippen LogP contribution in [0.3, 0.4) is 0 Å². The number of benzene rings is 1. The van der Waals surface area contributed by atoms with Gasteiger partial charge in [-0.05, 0) is 39.1 Å². The van der Waals surface area contributed by atoms with Crippen LogP contribution in [0.4, 0.5) is 19.1 Å².